The Balaban J connectivity index is 1.47. The summed E-state index contributed by atoms with van der Waals surface area (Å²) in [5.74, 6) is 3.71. The minimum absolute atomic E-state index is 0.0236. The first kappa shape index (κ1) is 18.2. The molecule has 1 aliphatic heterocycles. The summed E-state index contributed by atoms with van der Waals surface area (Å²) in [4.78, 5) is 4.28. The summed E-state index contributed by atoms with van der Waals surface area (Å²) in [6.45, 7) is 6.37. The summed E-state index contributed by atoms with van der Waals surface area (Å²) in [6.07, 6.45) is 3.44. The summed E-state index contributed by atoms with van der Waals surface area (Å²) >= 11 is 0. The molecule has 0 aliphatic carbocycles. The van der Waals surface area contributed by atoms with Crippen LogP contribution < -0.4 is 15.4 Å². The second-order valence-electron chi connectivity index (χ2n) is 6.64. The van der Waals surface area contributed by atoms with Crippen LogP contribution >= 0.6 is 0 Å². The van der Waals surface area contributed by atoms with Crippen LogP contribution in [0.2, 0.25) is 0 Å². The van der Waals surface area contributed by atoms with Crippen molar-refractivity contribution in [3.63, 3.8) is 0 Å². The second kappa shape index (κ2) is 8.69. The molecule has 1 aromatic carbocycles. The molecule has 0 saturated carbocycles. The highest BCUT2D eigenvalue weighted by atomic mass is 16.5. The number of benzene rings is 1. The van der Waals surface area contributed by atoms with E-state index >= 15 is 0 Å². The number of guanidine groups is 1. The zero-order valence-corrected chi connectivity index (χ0v) is 15.8. The van der Waals surface area contributed by atoms with Gasteiger partial charge in [-0.25, -0.2) is 0 Å². The van der Waals surface area contributed by atoms with E-state index in [1.165, 1.54) is 12.8 Å². The van der Waals surface area contributed by atoms with Crippen LogP contribution in [0.5, 0.6) is 5.75 Å². The van der Waals surface area contributed by atoms with E-state index in [2.05, 4.69) is 43.4 Å². The third-order valence-electron chi connectivity index (χ3n) is 4.55. The molecular weight excluding hydrogens is 328 g/mol. The van der Waals surface area contributed by atoms with Crippen LogP contribution in [0.25, 0.3) is 0 Å². The Morgan fingerprint density at radius 2 is 2.12 bits per heavy atom. The van der Waals surface area contributed by atoms with Crippen LogP contribution in [0.1, 0.15) is 37.0 Å². The van der Waals surface area contributed by atoms with E-state index in [1.807, 2.05) is 25.1 Å². The number of fused-ring (bicyclic) bond motifs is 1. The quantitative estimate of drug-likeness (QED) is 0.612. The first-order valence-corrected chi connectivity index (χ1v) is 9.25. The molecule has 140 valence electrons. The first-order valence-electron chi connectivity index (χ1n) is 9.25. The number of hydrogen-bond acceptors (Lipinski definition) is 4. The summed E-state index contributed by atoms with van der Waals surface area (Å²) < 4.78 is 8.21. The zero-order valence-electron chi connectivity index (χ0n) is 15.8. The van der Waals surface area contributed by atoms with Crippen molar-refractivity contribution in [2.45, 2.75) is 52.3 Å². The van der Waals surface area contributed by atoms with Crippen molar-refractivity contribution >= 4 is 5.96 Å². The van der Waals surface area contributed by atoms with Crippen molar-refractivity contribution in [3.8, 4) is 5.75 Å². The highest BCUT2D eigenvalue weighted by molar-refractivity contribution is 5.79. The Bertz CT molecular complexity index is 754. The fourth-order valence-corrected chi connectivity index (χ4v) is 3.07. The van der Waals surface area contributed by atoms with E-state index in [1.54, 1.807) is 7.05 Å². The third-order valence-corrected chi connectivity index (χ3v) is 4.55. The molecule has 1 aliphatic rings. The highest BCUT2D eigenvalue weighted by Gasteiger charge is 2.15. The molecule has 7 nitrogen and oxygen atoms in total. The Hall–Kier alpha value is -2.57. The average Bonchev–Trinajstić information content (AvgIpc) is 3.07. The van der Waals surface area contributed by atoms with Crippen molar-refractivity contribution < 1.29 is 4.74 Å². The number of para-hydroxylation sites is 1. The van der Waals surface area contributed by atoms with Crippen LogP contribution in [0.4, 0.5) is 0 Å². The molecule has 1 atom stereocenters. The van der Waals surface area contributed by atoms with Crippen LogP contribution in [-0.2, 0) is 19.5 Å². The lowest BCUT2D eigenvalue weighted by Crippen LogP contribution is -2.41. The van der Waals surface area contributed by atoms with E-state index in [-0.39, 0.29) is 6.10 Å². The first-order chi connectivity index (χ1) is 12.7. The number of aryl methyl sites for hydroxylation is 2. The molecule has 2 heterocycles. The van der Waals surface area contributed by atoms with Gasteiger partial charge in [0, 0.05) is 20.0 Å². The van der Waals surface area contributed by atoms with Gasteiger partial charge in [0.2, 0.25) is 0 Å². The Morgan fingerprint density at radius 1 is 1.27 bits per heavy atom. The molecule has 0 amide bonds. The monoisotopic (exact) mass is 356 g/mol. The van der Waals surface area contributed by atoms with Crippen molar-refractivity contribution in [3.05, 3.63) is 41.5 Å². The lowest BCUT2D eigenvalue weighted by molar-refractivity contribution is 0.222. The SMILES string of the molecule is CN=C(NCc1nnc2n1CCCC2)NCC(C)Oc1ccccc1C. The summed E-state index contributed by atoms with van der Waals surface area (Å²) in [5.41, 5.74) is 1.14. The minimum atomic E-state index is 0.0236. The van der Waals surface area contributed by atoms with Gasteiger partial charge in [-0.2, -0.15) is 0 Å². The fourth-order valence-electron chi connectivity index (χ4n) is 3.07. The van der Waals surface area contributed by atoms with Gasteiger partial charge < -0.3 is 19.9 Å². The molecule has 0 spiro atoms. The van der Waals surface area contributed by atoms with Crippen molar-refractivity contribution in [1.82, 2.24) is 25.4 Å². The normalized spacial score (nSPS) is 15.3. The maximum Gasteiger partial charge on any atom is 0.191 e. The maximum atomic E-state index is 5.99. The largest absolute Gasteiger partial charge is 0.489 e. The van der Waals surface area contributed by atoms with Crippen LogP contribution in [0, 0.1) is 6.92 Å². The number of nitrogens with zero attached hydrogens (tertiary/aromatic N) is 4. The summed E-state index contributed by atoms with van der Waals surface area (Å²) in [7, 11) is 1.77. The summed E-state index contributed by atoms with van der Waals surface area (Å²) in [6, 6.07) is 8.05. The third kappa shape index (κ3) is 4.53. The van der Waals surface area contributed by atoms with E-state index in [0.717, 1.165) is 41.9 Å². The van der Waals surface area contributed by atoms with Gasteiger partial charge in [-0.3, -0.25) is 4.99 Å². The van der Waals surface area contributed by atoms with E-state index in [4.69, 9.17) is 4.74 Å². The number of nitrogens with one attached hydrogen (secondary N) is 2. The molecule has 2 N–H and O–H groups in total. The standard InChI is InChI=1S/C19H28N6O/c1-14-8-4-5-9-16(14)26-15(2)12-21-19(20-3)22-13-18-24-23-17-10-6-7-11-25(17)18/h4-5,8-9,15H,6-7,10-13H2,1-3H3,(H2,20,21,22). The topological polar surface area (TPSA) is 76.4 Å². The Kier molecular flexibility index (Phi) is 6.09. The number of aliphatic imine (C=N–C) groups is 1. The van der Waals surface area contributed by atoms with Gasteiger partial charge in [0.05, 0.1) is 13.1 Å². The molecule has 7 heteroatoms. The van der Waals surface area contributed by atoms with Crippen LogP contribution in [0.15, 0.2) is 29.3 Å². The second-order valence-corrected chi connectivity index (χ2v) is 6.64. The van der Waals surface area contributed by atoms with Crippen LogP contribution in [0.3, 0.4) is 0 Å². The van der Waals surface area contributed by atoms with Gasteiger partial charge >= 0.3 is 0 Å². The van der Waals surface area contributed by atoms with Gasteiger partial charge in [-0.1, -0.05) is 18.2 Å². The molecule has 1 unspecified atom stereocenters. The number of ether oxygens (including phenoxy) is 1. The molecule has 0 bridgehead atoms. The van der Waals surface area contributed by atoms with E-state index in [0.29, 0.717) is 13.1 Å². The Labute approximate surface area is 154 Å². The average molecular weight is 356 g/mol. The molecule has 0 fully saturated rings. The van der Waals surface area contributed by atoms with Crippen molar-refractivity contribution in [2.24, 2.45) is 4.99 Å². The molecule has 1 aromatic heterocycles. The number of hydrogen-bond donors (Lipinski definition) is 2. The van der Waals surface area contributed by atoms with Crippen molar-refractivity contribution in [1.29, 1.82) is 0 Å². The van der Waals surface area contributed by atoms with Gasteiger partial charge in [-0.15, -0.1) is 10.2 Å². The molecule has 3 rings (SSSR count). The highest BCUT2D eigenvalue weighted by Crippen LogP contribution is 2.17. The van der Waals surface area contributed by atoms with Crippen LogP contribution in [-0.4, -0.2) is 40.4 Å². The number of aromatic nitrogens is 3. The smallest absolute Gasteiger partial charge is 0.191 e. The lowest BCUT2D eigenvalue weighted by atomic mass is 10.2. The predicted octanol–water partition coefficient (Wildman–Crippen LogP) is 2.06. The molecule has 26 heavy (non-hydrogen) atoms. The molecule has 2 aromatic rings. The number of rotatable bonds is 6. The van der Waals surface area contributed by atoms with Gasteiger partial charge in [0.15, 0.2) is 11.8 Å². The molecule has 0 radical (unpaired) electrons. The van der Waals surface area contributed by atoms with Gasteiger partial charge in [-0.05, 0) is 38.3 Å². The van der Waals surface area contributed by atoms with Crippen molar-refractivity contribution in [2.75, 3.05) is 13.6 Å². The lowest BCUT2D eigenvalue weighted by Gasteiger charge is -2.19. The summed E-state index contributed by atoms with van der Waals surface area (Å²) in [5, 5.41) is 15.2. The molecule has 0 saturated heterocycles. The zero-order chi connectivity index (χ0) is 18.4. The Morgan fingerprint density at radius 3 is 2.92 bits per heavy atom. The predicted molar refractivity (Wildman–Crippen MR) is 102 cm³/mol. The maximum absolute atomic E-state index is 5.99. The van der Waals surface area contributed by atoms with Gasteiger partial charge in [0.25, 0.3) is 0 Å². The minimum Gasteiger partial charge on any atom is -0.489 e. The van der Waals surface area contributed by atoms with E-state index < -0.39 is 0 Å². The fraction of sp³-hybridized carbons (Fsp3) is 0.526. The van der Waals surface area contributed by atoms with Gasteiger partial charge in [0.1, 0.15) is 17.7 Å². The molecular formula is C19H28N6O. The van der Waals surface area contributed by atoms with E-state index in [9.17, 15) is 0 Å².